The maximum absolute atomic E-state index is 11.9. The number of nitrogen functional groups attached to an aromatic ring is 1. The van der Waals surface area contributed by atoms with Crippen molar-refractivity contribution in [3.63, 3.8) is 0 Å². The lowest BCUT2D eigenvalue weighted by atomic mass is 9.91. The number of nitrogens with two attached hydrogens (primary N) is 1. The molecule has 1 aromatic rings. The first kappa shape index (κ1) is 13.3. The molecule has 0 aliphatic carbocycles. The number of hydrogen-bond donors (Lipinski definition) is 2. The van der Waals surface area contributed by atoms with Crippen LogP contribution < -0.4 is 16.8 Å². The second kappa shape index (κ2) is 4.23. The summed E-state index contributed by atoms with van der Waals surface area (Å²) in [5, 5.41) is 6.53. The Labute approximate surface area is 99.6 Å². The van der Waals surface area contributed by atoms with Crippen molar-refractivity contribution in [1.29, 1.82) is 0 Å². The second-order valence-electron chi connectivity index (χ2n) is 4.92. The summed E-state index contributed by atoms with van der Waals surface area (Å²) in [5.74, 6) is 5.91. The van der Waals surface area contributed by atoms with Crippen LogP contribution in [-0.4, -0.2) is 26.0 Å². The van der Waals surface area contributed by atoms with Gasteiger partial charge in [0.05, 0.1) is 0 Å². The Balaban J connectivity index is 2.99. The first-order chi connectivity index (χ1) is 7.66. The number of carbonyl (C=O) groups is 1. The number of aromatic nitrogens is 3. The molecule has 96 valence electrons. The van der Waals surface area contributed by atoms with Crippen LogP contribution in [0.4, 0.5) is 4.79 Å². The Hall–Kier alpha value is -1.79. The van der Waals surface area contributed by atoms with Gasteiger partial charge in [-0.3, -0.25) is 0 Å². The minimum atomic E-state index is -0.653. The number of nitrogens with one attached hydrogen (secondary N) is 1. The fourth-order valence-electron chi connectivity index (χ4n) is 1.08. The summed E-state index contributed by atoms with van der Waals surface area (Å²) in [6.45, 7) is 9.28. The molecule has 7 nitrogen and oxygen atoms in total. The zero-order valence-electron chi connectivity index (χ0n) is 10.8. The molecule has 1 heterocycles. The lowest BCUT2D eigenvalue weighted by molar-refractivity contribution is 0.216. The van der Waals surface area contributed by atoms with Gasteiger partial charge in [0, 0.05) is 5.54 Å². The smallest absolute Gasteiger partial charge is 0.333 e. The highest BCUT2D eigenvalue weighted by molar-refractivity contribution is 5.76. The Morgan fingerprint density at radius 1 is 1.47 bits per heavy atom. The van der Waals surface area contributed by atoms with Gasteiger partial charge in [0.25, 0.3) is 0 Å². The monoisotopic (exact) mass is 241 g/mol. The van der Waals surface area contributed by atoms with Gasteiger partial charge in [0.2, 0.25) is 0 Å². The predicted molar refractivity (Wildman–Crippen MR) is 64.2 cm³/mol. The van der Waals surface area contributed by atoms with Crippen LogP contribution >= 0.6 is 0 Å². The molecule has 7 heteroatoms. The van der Waals surface area contributed by atoms with E-state index in [1.54, 1.807) is 6.92 Å². The van der Waals surface area contributed by atoms with Gasteiger partial charge in [-0.15, -0.1) is 9.78 Å². The summed E-state index contributed by atoms with van der Waals surface area (Å²) in [6, 6.07) is -0.569. The van der Waals surface area contributed by atoms with Crippen molar-refractivity contribution in [2.45, 2.75) is 40.2 Å². The SMILES string of the molecule is Cc1nn(C(=O)NC(C)(C)C(C)C)c(=O)n1N. The standard InChI is InChI=1S/C10H19N5O2/c1-6(2)10(4,5)12-8(16)15-9(17)14(11)7(3)13-15/h6H,11H2,1-5H3,(H,12,16). The molecule has 1 amide bonds. The van der Waals surface area contributed by atoms with Gasteiger partial charge >= 0.3 is 11.7 Å². The largest absolute Gasteiger partial charge is 0.373 e. The van der Waals surface area contributed by atoms with Crippen molar-refractivity contribution in [1.82, 2.24) is 19.8 Å². The summed E-state index contributed by atoms with van der Waals surface area (Å²) in [4.78, 5) is 23.4. The van der Waals surface area contributed by atoms with Gasteiger partial charge in [0.1, 0.15) is 0 Å². The summed E-state index contributed by atoms with van der Waals surface area (Å²) < 4.78 is 1.57. The van der Waals surface area contributed by atoms with Crippen molar-refractivity contribution in [2.75, 3.05) is 5.84 Å². The summed E-state index contributed by atoms with van der Waals surface area (Å²) in [7, 11) is 0. The van der Waals surface area contributed by atoms with E-state index in [2.05, 4.69) is 10.4 Å². The summed E-state index contributed by atoms with van der Waals surface area (Å²) >= 11 is 0. The third-order valence-electron chi connectivity index (χ3n) is 3.05. The minimum absolute atomic E-state index is 0.225. The molecule has 0 saturated carbocycles. The van der Waals surface area contributed by atoms with E-state index in [1.807, 2.05) is 27.7 Å². The summed E-state index contributed by atoms with van der Waals surface area (Å²) in [5.41, 5.74) is -1.08. The van der Waals surface area contributed by atoms with Crippen molar-refractivity contribution in [3.8, 4) is 0 Å². The number of hydrogen-bond acceptors (Lipinski definition) is 4. The van der Waals surface area contributed by atoms with Crippen LogP contribution in [0.2, 0.25) is 0 Å². The highest BCUT2D eigenvalue weighted by atomic mass is 16.2. The number of amides is 1. The van der Waals surface area contributed by atoms with Gasteiger partial charge < -0.3 is 11.2 Å². The van der Waals surface area contributed by atoms with Crippen LogP contribution in [0.3, 0.4) is 0 Å². The molecule has 1 rings (SSSR count). The fraction of sp³-hybridized carbons (Fsp3) is 0.700. The highest BCUT2D eigenvalue weighted by Crippen LogP contribution is 2.14. The minimum Gasteiger partial charge on any atom is -0.333 e. The molecule has 0 aliphatic rings. The van der Waals surface area contributed by atoms with Gasteiger partial charge in [-0.25, -0.2) is 9.59 Å². The van der Waals surface area contributed by atoms with Gasteiger partial charge in [0.15, 0.2) is 5.82 Å². The average Bonchev–Trinajstić information content (AvgIpc) is 2.45. The molecule has 0 fully saturated rings. The van der Waals surface area contributed by atoms with Crippen LogP contribution in [0, 0.1) is 12.8 Å². The van der Waals surface area contributed by atoms with Crippen LogP contribution in [0.5, 0.6) is 0 Å². The zero-order chi connectivity index (χ0) is 13.4. The molecule has 0 saturated heterocycles. The quantitative estimate of drug-likeness (QED) is 0.716. The van der Waals surface area contributed by atoms with E-state index in [-0.39, 0.29) is 11.7 Å². The topological polar surface area (TPSA) is 94.9 Å². The zero-order valence-corrected chi connectivity index (χ0v) is 10.8. The van der Waals surface area contributed by atoms with Gasteiger partial charge in [-0.1, -0.05) is 13.8 Å². The van der Waals surface area contributed by atoms with Gasteiger partial charge in [-0.05, 0) is 26.7 Å². The van der Waals surface area contributed by atoms with E-state index >= 15 is 0 Å². The third kappa shape index (κ3) is 2.48. The van der Waals surface area contributed by atoms with E-state index in [0.29, 0.717) is 0 Å². The molecule has 17 heavy (non-hydrogen) atoms. The molecule has 0 aliphatic heterocycles. The fourth-order valence-corrected chi connectivity index (χ4v) is 1.08. The van der Waals surface area contributed by atoms with Crippen LogP contribution in [0.1, 0.15) is 33.5 Å². The van der Waals surface area contributed by atoms with Crippen LogP contribution in [-0.2, 0) is 0 Å². The Kier molecular flexibility index (Phi) is 3.30. The highest BCUT2D eigenvalue weighted by Gasteiger charge is 2.26. The van der Waals surface area contributed by atoms with Gasteiger partial charge in [-0.2, -0.15) is 4.68 Å². The third-order valence-corrected chi connectivity index (χ3v) is 3.05. The Morgan fingerprint density at radius 2 is 2.00 bits per heavy atom. The lowest BCUT2D eigenvalue weighted by Gasteiger charge is -2.29. The molecular weight excluding hydrogens is 222 g/mol. The molecular formula is C10H19N5O2. The first-order valence-electron chi connectivity index (χ1n) is 5.43. The maximum Gasteiger partial charge on any atom is 0.373 e. The van der Waals surface area contributed by atoms with Crippen LogP contribution in [0.25, 0.3) is 0 Å². The number of aryl methyl sites for hydroxylation is 1. The van der Waals surface area contributed by atoms with Crippen molar-refractivity contribution in [2.24, 2.45) is 5.92 Å². The first-order valence-corrected chi connectivity index (χ1v) is 5.43. The molecule has 0 unspecified atom stereocenters. The molecule has 1 aromatic heterocycles. The maximum atomic E-state index is 11.9. The Bertz CT molecular complexity index is 483. The molecule has 0 atom stereocenters. The van der Waals surface area contributed by atoms with E-state index in [9.17, 15) is 9.59 Å². The Morgan fingerprint density at radius 3 is 2.35 bits per heavy atom. The second-order valence-corrected chi connectivity index (χ2v) is 4.92. The van der Waals surface area contributed by atoms with Crippen molar-refractivity contribution >= 4 is 6.03 Å². The number of carbonyl (C=O) groups excluding carboxylic acids is 1. The van der Waals surface area contributed by atoms with Crippen molar-refractivity contribution in [3.05, 3.63) is 16.3 Å². The molecule has 0 radical (unpaired) electrons. The van der Waals surface area contributed by atoms with E-state index in [1.165, 1.54) is 0 Å². The number of nitrogens with zero attached hydrogens (tertiary/aromatic N) is 3. The molecule has 3 N–H and O–H groups in total. The van der Waals surface area contributed by atoms with Crippen molar-refractivity contribution < 1.29 is 4.79 Å². The van der Waals surface area contributed by atoms with E-state index in [0.717, 1.165) is 9.36 Å². The molecule has 0 aromatic carbocycles. The lowest BCUT2D eigenvalue weighted by Crippen LogP contribution is -2.51. The molecule has 0 spiro atoms. The van der Waals surface area contributed by atoms with Crippen LogP contribution in [0.15, 0.2) is 4.79 Å². The predicted octanol–water partition coefficient (Wildman–Crippen LogP) is 0.0593. The molecule has 0 bridgehead atoms. The average molecular weight is 241 g/mol. The summed E-state index contributed by atoms with van der Waals surface area (Å²) in [6.07, 6.45) is 0. The number of rotatable bonds is 2. The van der Waals surface area contributed by atoms with E-state index < -0.39 is 17.3 Å². The normalized spacial score (nSPS) is 11.9. The van der Waals surface area contributed by atoms with E-state index in [4.69, 9.17) is 5.84 Å².